The number of hydrogen-bond acceptors (Lipinski definition) is 5. The van der Waals surface area contributed by atoms with Crippen LogP contribution >= 0.6 is 25.3 Å². The number of carbonyl (C=O) groups is 1. The molecule has 0 bridgehead atoms. The zero-order valence-electron chi connectivity index (χ0n) is 20.9. The van der Waals surface area contributed by atoms with Gasteiger partial charge in [-0.2, -0.15) is 25.3 Å². The van der Waals surface area contributed by atoms with Gasteiger partial charge in [0.15, 0.2) is 11.3 Å². The van der Waals surface area contributed by atoms with Crippen molar-refractivity contribution in [2.75, 3.05) is 7.11 Å². The first kappa shape index (κ1) is 26.9. The molecule has 1 aliphatic carbocycles. The van der Waals surface area contributed by atoms with Gasteiger partial charge in [-0.1, -0.05) is 11.9 Å². The zero-order valence-corrected chi connectivity index (χ0v) is 23.4. The monoisotopic (exact) mass is 519 g/mol. The van der Waals surface area contributed by atoms with E-state index < -0.39 is 10.8 Å². The van der Waals surface area contributed by atoms with Crippen LogP contribution in [0.4, 0.5) is 0 Å². The van der Waals surface area contributed by atoms with E-state index in [1.54, 1.807) is 7.11 Å². The van der Waals surface area contributed by atoms with Gasteiger partial charge >= 0.3 is 5.95 Å². The molecule has 1 unspecified atom stereocenters. The summed E-state index contributed by atoms with van der Waals surface area (Å²) in [7, 11) is 1.70. The highest BCUT2D eigenvalue weighted by Crippen LogP contribution is 2.47. The Hall–Kier alpha value is -1.70. The molecule has 8 heteroatoms. The lowest BCUT2D eigenvalue weighted by Gasteiger charge is -2.21. The van der Waals surface area contributed by atoms with Crippen molar-refractivity contribution in [3.05, 3.63) is 46.8 Å². The van der Waals surface area contributed by atoms with E-state index in [9.17, 15) is 4.79 Å². The van der Waals surface area contributed by atoms with Gasteiger partial charge in [-0.3, -0.25) is 4.79 Å². The number of Topliss-reactive ketones (excluding diaryl/α,β-unsaturated/α-hetero) is 1. The minimum atomic E-state index is -0.521. The summed E-state index contributed by atoms with van der Waals surface area (Å²) in [5.41, 5.74) is 5.16. The van der Waals surface area contributed by atoms with E-state index in [1.165, 1.54) is 0 Å². The van der Waals surface area contributed by atoms with Crippen LogP contribution in [0.25, 0.3) is 17.0 Å². The average Bonchev–Trinajstić information content (AvgIpc) is 3.20. The Bertz CT molecular complexity index is 1200. The van der Waals surface area contributed by atoms with Gasteiger partial charge < -0.3 is 17.1 Å². The molecule has 184 valence electrons. The second-order valence-corrected chi connectivity index (χ2v) is 12.1. The van der Waals surface area contributed by atoms with Crippen molar-refractivity contribution in [3.63, 3.8) is 0 Å². The summed E-state index contributed by atoms with van der Waals surface area (Å²) >= 11 is 8.91. The van der Waals surface area contributed by atoms with E-state index in [2.05, 4.69) is 60.8 Å². The van der Waals surface area contributed by atoms with Crippen LogP contribution in [0.1, 0.15) is 63.4 Å². The number of ether oxygens (including phenoxy) is 1. The first-order valence-corrected chi connectivity index (χ1v) is 12.5. The number of methoxy groups -OCH3 is 1. The summed E-state index contributed by atoms with van der Waals surface area (Å²) in [5, 5.41) is 0. The minimum Gasteiger partial charge on any atom is -1.00 e. The SMILES string of the molecule is COc1cc[n+](-c2nc3cc4c(cc3[nH]2)C(C)(C)C(=O)C4(C)C)c(CC(C)CC(S)S)c1C.[Cl-]. The van der Waals surface area contributed by atoms with Crippen LogP contribution in [0, 0.1) is 12.8 Å². The molecule has 4 rings (SSSR count). The Kier molecular flexibility index (Phi) is 7.43. The third-order valence-corrected chi connectivity index (χ3v) is 7.58. The van der Waals surface area contributed by atoms with E-state index in [4.69, 9.17) is 9.72 Å². The molecule has 1 aromatic carbocycles. The molecule has 5 nitrogen and oxygen atoms in total. The average molecular weight is 520 g/mol. The van der Waals surface area contributed by atoms with E-state index in [0.717, 1.165) is 58.0 Å². The standard InChI is InChI=1S/C26H33N3O2S2.ClH/c1-14(11-22(32)33)10-20-15(2)21(31-7)8-9-29(20)24-27-18-12-16-17(13-19(18)28-24)26(5,6)23(30)25(16,3)4;/h8-9,12-14,22H,10-11H2,1-7H3,(H2-,27,28,32,33);1H. The predicted octanol–water partition coefficient (Wildman–Crippen LogP) is 2.05. The van der Waals surface area contributed by atoms with Gasteiger partial charge in [0, 0.05) is 33.5 Å². The van der Waals surface area contributed by atoms with Gasteiger partial charge in [-0.15, -0.1) is 0 Å². The van der Waals surface area contributed by atoms with Crippen molar-refractivity contribution in [2.24, 2.45) is 5.92 Å². The molecule has 0 saturated heterocycles. The summed E-state index contributed by atoms with van der Waals surface area (Å²) in [6.45, 7) is 12.4. The Morgan fingerprint density at radius 1 is 1.15 bits per heavy atom. The molecule has 1 atom stereocenters. The number of hydrogen-bond donors (Lipinski definition) is 3. The second-order valence-electron chi connectivity index (χ2n) is 10.4. The maximum absolute atomic E-state index is 13.1. The Labute approximate surface area is 219 Å². The fraction of sp³-hybridized carbons (Fsp3) is 0.500. The number of ketones is 1. The molecular formula is C26H34ClN3O2S2. The second kappa shape index (κ2) is 9.40. The summed E-state index contributed by atoms with van der Waals surface area (Å²) < 4.78 is 7.76. The fourth-order valence-corrected chi connectivity index (χ4v) is 6.06. The van der Waals surface area contributed by atoms with Crippen molar-refractivity contribution in [1.29, 1.82) is 0 Å². The van der Waals surface area contributed by atoms with Gasteiger partial charge in [0.05, 0.1) is 19.0 Å². The normalized spacial score (nSPS) is 17.1. The summed E-state index contributed by atoms with van der Waals surface area (Å²) in [6.07, 6.45) is 3.76. The highest BCUT2D eigenvalue weighted by atomic mass is 35.5. The van der Waals surface area contributed by atoms with Gasteiger partial charge in [0.2, 0.25) is 0 Å². The fourth-order valence-electron chi connectivity index (χ4n) is 5.34. The maximum Gasteiger partial charge on any atom is 0.402 e. The van der Waals surface area contributed by atoms with Crippen LogP contribution < -0.4 is 21.7 Å². The third-order valence-electron chi connectivity index (χ3n) is 7.16. The van der Waals surface area contributed by atoms with Crippen molar-refractivity contribution in [1.82, 2.24) is 9.97 Å². The zero-order chi connectivity index (χ0) is 24.3. The molecule has 0 fully saturated rings. The number of nitrogens with zero attached hydrogens (tertiary/aromatic N) is 2. The molecule has 2 heterocycles. The molecule has 3 aromatic rings. The van der Waals surface area contributed by atoms with Crippen molar-refractivity contribution >= 4 is 42.1 Å². The van der Waals surface area contributed by atoms with Crippen LogP contribution in [-0.4, -0.2) is 27.4 Å². The summed E-state index contributed by atoms with van der Waals surface area (Å²) in [6, 6.07) is 6.17. The van der Waals surface area contributed by atoms with Crippen LogP contribution in [-0.2, 0) is 22.0 Å². The predicted molar refractivity (Wildman–Crippen MR) is 139 cm³/mol. The van der Waals surface area contributed by atoms with Crippen molar-refractivity contribution in [3.8, 4) is 11.7 Å². The van der Waals surface area contributed by atoms with Gasteiger partial charge in [0.25, 0.3) is 0 Å². The molecule has 0 spiro atoms. The topological polar surface area (TPSA) is 58.9 Å². The largest absolute Gasteiger partial charge is 1.00 e. The molecule has 0 saturated carbocycles. The number of pyridine rings is 1. The number of aromatic nitrogens is 3. The Morgan fingerprint density at radius 3 is 2.35 bits per heavy atom. The number of imidazole rings is 1. The van der Waals surface area contributed by atoms with Gasteiger partial charge in [-0.25, -0.2) is 9.55 Å². The number of H-pyrrole nitrogens is 1. The van der Waals surface area contributed by atoms with E-state index >= 15 is 0 Å². The lowest BCUT2D eigenvalue weighted by atomic mass is 9.80. The summed E-state index contributed by atoms with van der Waals surface area (Å²) in [5.74, 6) is 2.26. The smallest absolute Gasteiger partial charge is 0.402 e. The molecular weight excluding hydrogens is 486 g/mol. The molecule has 34 heavy (non-hydrogen) atoms. The third kappa shape index (κ3) is 4.35. The molecule has 2 aromatic heterocycles. The lowest BCUT2D eigenvalue weighted by Crippen LogP contribution is -3.00. The Morgan fingerprint density at radius 2 is 1.76 bits per heavy atom. The van der Waals surface area contributed by atoms with Crippen molar-refractivity contribution in [2.45, 2.75) is 69.8 Å². The van der Waals surface area contributed by atoms with Crippen LogP contribution in [0.3, 0.4) is 0 Å². The number of halogens is 1. The van der Waals surface area contributed by atoms with Crippen LogP contribution in [0.2, 0.25) is 0 Å². The van der Waals surface area contributed by atoms with Crippen LogP contribution in [0.15, 0.2) is 24.4 Å². The molecule has 0 amide bonds. The number of benzene rings is 1. The Balaban J connectivity index is 0.00000324. The number of thiol groups is 2. The number of aromatic amines is 1. The maximum atomic E-state index is 13.1. The lowest BCUT2D eigenvalue weighted by molar-refractivity contribution is -0.612. The number of rotatable bonds is 6. The van der Waals surface area contributed by atoms with Gasteiger partial charge in [-0.05, 0) is 70.2 Å². The number of nitrogens with one attached hydrogen (secondary N) is 1. The molecule has 1 aliphatic rings. The quantitative estimate of drug-likeness (QED) is 0.265. The number of carbonyl (C=O) groups excluding carboxylic acids is 1. The molecule has 1 N–H and O–H groups in total. The highest BCUT2D eigenvalue weighted by Gasteiger charge is 2.50. The van der Waals surface area contributed by atoms with E-state index in [-0.39, 0.29) is 22.8 Å². The van der Waals surface area contributed by atoms with Crippen molar-refractivity contribution < 1.29 is 26.5 Å². The highest BCUT2D eigenvalue weighted by molar-refractivity contribution is 7.99. The van der Waals surface area contributed by atoms with E-state index in [0.29, 0.717) is 5.92 Å². The van der Waals surface area contributed by atoms with E-state index in [1.807, 2.05) is 40.0 Å². The molecule has 0 radical (unpaired) electrons. The summed E-state index contributed by atoms with van der Waals surface area (Å²) in [4.78, 5) is 21.5. The molecule has 0 aliphatic heterocycles. The minimum absolute atomic E-state index is 0. The first-order chi connectivity index (χ1) is 15.4. The first-order valence-electron chi connectivity index (χ1n) is 11.4. The van der Waals surface area contributed by atoms with Gasteiger partial charge in [0.1, 0.15) is 11.3 Å². The van der Waals surface area contributed by atoms with Crippen LogP contribution in [0.5, 0.6) is 5.75 Å². The number of fused-ring (bicyclic) bond motifs is 2.